The molecule has 0 amide bonds. The van der Waals surface area contributed by atoms with E-state index in [1.165, 1.54) is 0 Å². The summed E-state index contributed by atoms with van der Waals surface area (Å²) in [4.78, 5) is 0. The van der Waals surface area contributed by atoms with Gasteiger partial charge >= 0.3 is 13.3 Å². The molecule has 0 aliphatic carbocycles. The Hall–Kier alpha value is -0.188. The van der Waals surface area contributed by atoms with E-state index in [1.54, 1.807) is 0 Å². The molecule has 0 unspecified atom stereocenters. The van der Waals surface area contributed by atoms with Gasteiger partial charge in [0.05, 0.1) is 5.19 Å². The van der Waals surface area contributed by atoms with Crippen LogP contribution in [0.5, 0.6) is 5.75 Å². The van der Waals surface area contributed by atoms with E-state index < -0.39 is 47.5 Å². The number of hydrogen-bond donors (Lipinski definition) is 2. The van der Waals surface area contributed by atoms with Gasteiger partial charge in [-0.15, -0.1) is 33.2 Å². The van der Waals surface area contributed by atoms with Crippen LogP contribution in [0, 0.1) is 23.3 Å². The molecule has 0 heterocycles. The van der Waals surface area contributed by atoms with Crippen molar-refractivity contribution in [3.63, 3.8) is 0 Å². The molecule has 3 nitrogen and oxygen atoms in total. The van der Waals surface area contributed by atoms with E-state index >= 15 is 0 Å². The van der Waals surface area contributed by atoms with E-state index in [0.29, 0.717) is 0 Å². The summed E-state index contributed by atoms with van der Waals surface area (Å²) in [5, 5.41) is 15.4. The van der Waals surface area contributed by atoms with Crippen LogP contribution in [0.25, 0.3) is 0 Å². The monoisotopic (exact) mass is 342 g/mol. The van der Waals surface area contributed by atoms with Gasteiger partial charge in [-0.05, 0) is 0 Å². The molecule has 0 bridgehead atoms. The summed E-state index contributed by atoms with van der Waals surface area (Å²) < 4.78 is 57.2. The zero-order chi connectivity index (χ0) is 14.2. The minimum atomic E-state index is -4.24. The summed E-state index contributed by atoms with van der Waals surface area (Å²) in [7, 11) is -2.68. The molecular formula is C6H2BCl3F4O3Si. The first-order chi connectivity index (χ1) is 8.07. The fourth-order valence-corrected chi connectivity index (χ4v) is 3.28. The van der Waals surface area contributed by atoms with Gasteiger partial charge in [-0.3, -0.25) is 0 Å². The molecule has 0 atom stereocenters. The Labute approximate surface area is 113 Å². The average molecular weight is 343 g/mol. The second-order valence-electron chi connectivity index (χ2n) is 2.90. The highest BCUT2D eigenvalue weighted by molar-refractivity contribution is 7.69. The lowest BCUT2D eigenvalue weighted by atomic mass is 10.2. The SMILES string of the molecule is OB(O)Oc1c(F)c(F)c([Si](Cl)(Cl)Cl)c(F)c1F. The molecule has 0 spiro atoms. The van der Waals surface area contributed by atoms with E-state index in [9.17, 15) is 17.6 Å². The molecule has 12 heteroatoms. The first kappa shape index (κ1) is 15.9. The molecule has 1 aromatic carbocycles. The van der Waals surface area contributed by atoms with Crippen molar-refractivity contribution in [3.8, 4) is 5.75 Å². The largest absolute Gasteiger partial charge is 0.707 e. The molecule has 0 saturated carbocycles. The van der Waals surface area contributed by atoms with Crippen LogP contribution in [0.2, 0.25) is 0 Å². The Morgan fingerprint density at radius 2 is 1.28 bits per heavy atom. The zero-order valence-corrected chi connectivity index (χ0v) is 11.3. The molecule has 18 heavy (non-hydrogen) atoms. The van der Waals surface area contributed by atoms with Crippen molar-refractivity contribution in [1.82, 2.24) is 0 Å². The van der Waals surface area contributed by atoms with Crippen molar-refractivity contribution in [3.05, 3.63) is 23.3 Å². The molecule has 0 saturated heterocycles. The van der Waals surface area contributed by atoms with Gasteiger partial charge in [0.2, 0.25) is 11.6 Å². The topological polar surface area (TPSA) is 49.7 Å². The first-order valence-electron chi connectivity index (χ1n) is 4.03. The van der Waals surface area contributed by atoms with Crippen LogP contribution in [-0.4, -0.2) is 23.4 Å². The van der Waals surface area contributed by atoms with Crippen molar-refractivity contribution in [2.45, 2.75) is 0 Å². The van der Waals surface area contributed by atoms with Crippen molar-refractivity contribution in [2.75, 3.05) is 0 Å². The van der Waals surface area contributed by atoms with Crippen molar-refractivity contribution < 1.29 is 32.3 Å². The third-order valence-electron chi connectivity index (χ3n) is 1.73. The zero-order valence-electron chi connectivity index (χ0n) is 8.03. The van der Waals surface area contributed by atoms with Gasteiger partial charge in [-0.25, -0.2) is 8.78 Å². The Morgan fingerprint density at radius 1 is 0.889 bits per heavy atom. The van der Waals surface area contributed by atoms with Crippen LogP contribution in [0.1, 0.15) is 0 Å². The highest BCUT2D eigenvalue weighted by Gasteiger charge is 2.41. The minimum absolute atomic E-state index is 1.35. The molecule has 0 radical (unpaired) electrons. The summed E-state index contributed by atoms with van der Waals surface area (Å²) in [6, 6.07) is -4.24. The highest BCUT2D eigenvalue weighted by Crippen LogP contribution is 2.30. The highest BCUT2D eigenvalue weighted by atomic mass is 35.8. The van der Waals surface area contributed by atoms with Gasteiger partial charge in [-0.2, -0.15) is 8.78 Å². The van der Waals surface area contributed by atoms with E-state index in [-0.39, 0.29) is 0 Å². The van der Waals surface area contributed by atoms with Crippen LogP contribution in [0.3, 0.4) is 0 Å². The molecule has 100 valence electrons. The molecule has 1 aromatic rings. The van der Waals surface area contributed by atoms with Crippen molar-refractivity contribution in [2.24, 2.45) is 0 Å². The van der Waals surface area contributed by atoms with Gasteiger partial charge in [0.25, 0.3) is 0 Å². The van der Waals surface area contributed by atoms with Crippen LogP contribution in [-0.2, 0) is 0 Å². The van der Waals surface area contributed by atoms with Crippen molar-refractivity contribution >= 4 is 51.7 Å². The molecular weight excluding hydrogens is 341 g/mol. The normalized spacial score (nSPS) is 11.6. The minimum Gasteiger partial charge on any atom is -0.507 e. The maximum Gasteiger partial charge on any atom is 0.707 e. The average Bonchev–Trinajstić information content (AvgIpc) is 2.19. The smallest absolute Gasteiger partial charge is 0.507 e. The second kappa shape index (κ2) is 5.43. The number of benzene rings is 1. The molecule has 2 N–H and O–H groups in total. The Balaban J connectivity index is 3.56. The summed E-state index contributed by atoms with van der Waals surface area (Å²) >= 11 is 15.9. The van der Waals surface area contributed by atoms with E-state index in [1.807, 2.05) is 0 Å². The molecule has 0 aliphatic rings. The van der Waals surface area contributed by atoms with Crippen LogP contribution in [0.4, 0.5) is 17.6 Å². The molecule has 0 fully saturated rings. The fourth-order valence-electron chi connectivity index (χ4n) is 1.07. The van der Waals surface area contributed by atoms with Crippen LogP contribution in [0.15, 0.2) is 0 Å². The van der Waals surface area contributed by atoms with E-state index in [4.69, 9.17) is 43.3 Å². The van der Waals surface area contributed by atoms with Gasteiger partial charge < -0.3 is 14.7 Å². The molecule has 0 aliphatic heterocycles. The van der Waals surface area contributed by atoms with E-state index in [2.05, 4.69) is 4.65 Å². The predicted octanol–water partition coefficient (Wildman–Crippen LogP) is 1.45. The quantitative estimate of drug-likeness (QED) is 0.378. The summed E-state index contributed by atoms with van der Waals surface area (Å²) in [5.41, 5.74) is 0. The lowest BCUT2D eigenvalue weighted by molar-refractivity contribution is 0.269. The summed E-state index contributed by atoms with van der Waals surface area (Å²) in [6.45, 7) is 0. The number of halogens is 7. The van der Waals surface area contributed by atoms with E-state index in [0.717, 1.165) is 0 Å². The Bertz CT molecular complexity index is 455. The summed E-state index contributed by atoms with van der Waals surface area (Å²) in [6.07, 6.45) is 0. The van der Waals surface area contributed by atoms with Gasteiger partial charge in [0.15, 0.2) is 17.4 Å². The number of rotatable bonds is 3. The third-order valence-corrected chi connectivity index (χ3v) is 4.44. The van der Waals surface area contributed by atoms with Gasteiger partial charge in [0, 0.05) is 0 Å². The number of hydrogen-bond acceptors (Lipinski definition) is 3. The maximum atomic E-state index is 13.4. The fraction of sp³-hybridized carbons (Fsp3) is 0. The first-order valence-corrected chi connectivity index (χ1v) is 9.06. The Morgan fingerprint density at radius 3 is 1.56 bits per heavy atom. The maximum absolute atomic E-state index is 13.4. The summed E-state index contributed by atoms with van der Waals surface area (Å²) in [5.74, 6) is -9.65. The second-order valence-corrected chi connectivity index (χ2v) is 11.2. The van der Waals surface area contributed by atoms with Crippen LogP contribution >= 0.6 is 33.2 Å². The third kappa shape index (κ3) is 3.03. The van der Waals surface area contributed by atoms with Gasteiger partial charge in [-0.1, -0.05) is 0 Å². The van der Waals surface area contributed by atoms with Crippen LogP contribution < -0.4 is 9.84 Å². The predicted molar refractivity (Wildman–Crippen MR) is 60.0 cm³/mol. The lowest BCUT2D eigenvalue weighted by Crippen LogP contribution is -2.38. The molecule has 0 aromatic heterocycles. The lowest BCUT2D eigenvalue weighted by Gasteiger charge is -2.15. The van der Waals surface area contributed by atoms with Crippen molar-refractivity contribution in [1.29, 1.82) is 0 Å². The Kier molecular flexibility index (Phi) is 4.79. The van der Waals surface area contributed by atoms with Gasteiger partial charge in [0.1, 0.15) is 0 Å². The standard InChI is InChI=1S/C6H2BCl3F4O3Si/c8-18(9,10)6-3(13)1(11)5(17-7(15)16)2(12)4(6)14/h15-16H. The molecule has 1 rings (SSSR count).